The van der Waals surface area contributed by atoms with E-state index in [0.29, 0.717) is 7.92 Å². The van der Waals surface area contributed by atoms with Crippen molar-refractivity contribution in [3.8, 4) is 11.1 Å². The Morgan fingerprint density at radius 3 is 1.29 bits per heavy atom. The van der Waals surface area contributed by atoms with Crippen LogP contribution in [0.4, 0.5) is 5.69 Å². The zero-order valence-corrected chi connectivity index (χ0v) is 25.1. The van der Waals surface area contributed by atoms with Gasteiger partial charge in [-0.05, 0) is 67.1 Å². The van der Waals surface area contributed by atoms with Crippen molar-refractivity contribution in [2.24, 2.45) is 0 Å². The number of nitrogen functional groups attached to an aromatic ring is 1. The first-order valence-electron chi connectivity index (χ1n) is 13.5. The molecule has 5 heteroatoms. The topological polar surface area (TPSA) is 26.0 Å². The minimum Gasteiger partial charge on any atom is -1.00 e. The normalized spacial score (nSPS) is 19.3. The van der Waals surface area contributed by atoms with Gasteiger partial charge in [-0.3, -0.25) is 0 Å². The van der Waals surface area contributed by atoms with Gasteiger partial charge in [-0.25, -0.2) is 0 Å². The van der Waals surface area contributed by atoms with Crippen LogP contribution in [0.15, 0.2) is 54.6 Å². The molecule has 198 valence electrons. The summed E-state index contributed by atoms with van der Waals surface area (Å²) in [5.74, 6) is 0. The molecule has 0 radical (unpaired) electrons. The van der Waals surface area contributed by atoms with Crippen molar-refractivity contribution in [2.45, 2.75) is 113 Å². The molecule has 0 heterocycles. The molecule has 3 fully saturated rings. The summed E-state index contributed by atoms with van der Waals surface area (Å²) in [4.78, 5) is 0. The molecule has 0 aliphatic heterocycles. The fourth-order valence-electron chi connectivity index (χ4n) is 6.41. The minimum absolute atomic E-state index is 0. The van der Waals surface area contributed by atoms with Gasteiger partial charge >= 0.3 is 20.4 Å². The third kappa shape index (κ3) is 9.95. The van der Waals surface area contributed by atoms with Gasteiger partial charge in [0, 0.05) is 11.3 Å². The van der Waals surface area contributed by atoms with Crippen LogP contribution in [0.25, 0.3) is 11.1 Å². The second kappa shape index (κ2) is 18.2. The van der Waals surface area contributed by atoms with Crippen molar-refractivity contribution >= 4 is 13.6 Å². The predicted molar refractivity (Wildman–Crippen MR) is 144 cm³/mol. The number of benzene rings is 2. The zero-order valence-electron chi connectivity index (χ0n) is 21.1. The Hall–Kier alpha value is -0.0877. The van der Waals surface area contributed by atoms with Crippen LogP contribution in [0.5, 0.6) is 0 Å². The molecule has 0 aromatic heterocycles. The van der Waals surface area contributed by atoms with Gasteiger partial charge in [0.2, 0.25) is 0 Å². The third-order valence-electron chi connectivity index (χ3n) is 8.03. The van der Waals surface area contributed by atoms with Crippen molar-refractivity contribution in [1.29, 1.82) is 0 Å². The Morgan fingerprint density at radius 1 is 0.514 bits per heavy atom. The van der Waals surface area contributed by atoms with E-state index in [4.69, 9.17) is 5.73 Å². The zero-order chi connectivity index (χ0) is 22.0. The van der Waals surface area contributed by atoms with E-state index in [-0.39, 0.29) is 45.2 Å². The monoisotopic (exact) mass is 625 g/mol. The molecule has 0 unspecified atom stereocenters. The van der Waals surface area contributed by atoms with E-state index in [1.54, 1.807) is 77.0 Å². The number of rotatable bonds is 4. The van der Waals surface area contributed by atoms with Gasteiger partial charge in [0.25, 0.3) is 0 Å². The second-order valence-corrected chi connectivity index (χ2v) is 13.4. The van der Waals surface area contributed by atoms with Crippen LogP contribution >= 0.6 is 7.92 Å². The van der Waals surface area contributed by atoms with Crippen molar-refractivity contribution < 1.29 is 45.2 Å². The predicted octanol–water partition coefficient (Wildman–Crippen LogP) is 3.41. The van der Waals surface area contributed by atoms with Crippen molar-refractivity contribution in [2.75, 3.05) is 5.73 Å². The number of hydrogen-bond donors (Lipinski definition) is 1. The number of para-hydroxylation sites is 1. The summed E-state index contributed by atoms with van der Waals surface area (Å²) >= 11 is 0. The van der Waals surface area contributed by atoms with Crippen molar-refractivity contribution in [3.05, 3.63) is 54.6 Å². The summed E-state index contributed by atoms with van der Waals surface area (Å²) in [5, 5.41) is 0. The van der Waals surface area contributed by atoms with Gasteiger partial charge < -0.3 is 30.5 Å². The molecular weight excluding hydrogens is 583 g/mol. The Bertz CT molecular complexity index is 745. The maximum absolute atomic E-state index is 5.85. The maximum atomic E-state index is 5.85. The van der Waals surface area contributed by atoms with Crippen molar-refractivity contribution in [3.63, 3.8) is 0 Å². The number of hydrogen-bond acceptors (Lipinski definition) is 1. The van der Waals surface area contributed by atoms with Crippen LogP contribution < -0.4 is 30.5 Å². The number of nitrogens with two attached hydrogens (primary N) is 1. The first-order chi connectivity index (χ1) is 15.8. The molecule has 3 saturated carbocycles. The van der Waals surface area contributed by atoms with Crippen LogP contribution in [0.1, 0.15) is 96.3 Å². The molecule has 0 saturated heterocycles. The molecule has 0 spiro atoms. The average molecular weight is 627 g/mol. The van der Waals surface area contributed by atoms with Gasteiger partial charge in [-0.2, -0.15) is 0 Å². The van der Waals surface area contributed by atoms with Crippen LogP contribution in [0.2, 0.25) is 0 Å². The van der Waals surface area contributed by atoms with E-state index in [2.05, 4.69) is 12.1 Å². The third-order valence-corrected chi connectivity index (χ3v) is 12.1. The van der Waals surface area contributed by atoms with Crippen LogP contribution in [0.3, 0.4) is 0 Å². The molecular formula is C30H44Cl2NPPd. The number of halogens is 2. The first kappa shape index (κ1) is 32.9. The summed E-state index contributed by atoms with van der Waals surface area (Å²) < 4.78 is 0. The molecule has 1 nitrogen and oxygen atoms in total. The fraction of sp³-hybridized carbons (Fsp3) is 0.600. The Balaban J connectivity index is 0.000000341. The Morgan fingerprint density at radius 2 is 0.886 bits per heavy atom. The summed E-state index contributed by atoms with van der Waals surface area (Å²) in [6, 6.07) is 18.1. The van der Waals surface area contributed by atoms with Gasteiger partial charge in [0.15, 0.2) is 0 Å². The molecule has 2 aromatic carbocycles. The van der Waals surface area contributed by atoms with E-state index in [0.717, 1.165) is 11.3 Å². The second-order valence-electron chi connectivity index (χ2n) is 10.3. The van der Waals surface area contributed by atoms with E-state index >= 15 is 0 Å². The van der Waals surface area contributed by atoms with E-state index in [1.165, 1.54) is 41.8 Å². The summed E-state index contributed by atoms with van der Waals surface area (Å²) in [7, 11) is 0.385. The largest absolute Gasteiger partial charge is 2.00 e. The van der Waals surface area contributed by atoms with Crippen molar-refractivity contribution in [1.82, 2.24) is 0 Å². The molecule has 5 rings (SSSR count). The summed E-state index contributed by atoms with van der Waals surface area (Å²) in [6.07, 6.45) is 23.6. The summed E-state index contributed by atoms with van der Waals surface area (Å²) in [6.45, 7) is 0. The Kier molecular flexibility index (Phi) is 17.1. The quantitative estimate of drug-likeness (QED) is 0.315. The fourth-order valence-corrected chi connectivity index (χ4v) is 11.1. The summed E-state index contributed by atoms with van der Waals surface area (Å²) in [5.41, 5.74) is 12.5. The Labute approximate surface area is 242 Å². The van der Waals surface area contributed by atoms with E-state index < -0.39 is 0 Å². The average Bonchev–Trinajstić information content (AvgIpc) is 2.87. The van der Waals surface area contributed by atoms with Crippen LogP contribution in [-0.4, -0.2) is 17.0 Å². The molecule has 0 bridgehead atoms. The molecule has 0 atom stereocenters. The molecule has 2 aromatic rings. The van der Waals surface area contributed by atoms with Gasteiger partial charge in [-0.1, -0.05) is 114 Å². The molecule has 0 amide bonds. The smallest absolute Gasteiger partial charge is 1.00 e. The molecule has 3 aliphatic rings. The SMILES string of the molecule is C1CCC(P(C2CCCCC2)C2CCCCC2)CC1.Nc1ccccc1-c1ccccc1.[Cl-].[Cl-].[Pd+2]. The number of anilines is 1. The van der Waals surface area contributed by atoms with Crippen LogP contribution in [0, 0.1) is 0 Å². The van der Waals surface area contributed by atoms with E-state index in [9.17, 15) is 0 Å². The standard InChI is InChI=1S/C18H33P.C12H11N.2ClH.Pd/c1-4-10-16(11-5-1)19(17-12-6-2-7-13-17)18-14-8-3-9-15-18;13-12-9-5-4-8-11(12)10-6-2-1-3-7-10;;;/h16-18H,1-15H2;1-9H,13H2;2*1H;/q;;;;+2/p-2. The first-order valence-corrected chi connectivity index (χ1v) is 15.0. The van der Waals surface area contributed by atoms with Crippen LogP contribution in [-0.2, 0) is 20.4 Å². The molecule has 2 N–H and O–H groups in total. The molecule has 35 heavy (non-hydrogen) atoms. The maximum Gasteiger partial charge on any atom is 2.00 e. The van der Waals surface area contributed by atoms with Gasteiger partial charge in [-0.15, -0.1) is 0 Å². The minimum atomic E-state index is 0. The van der Waals surface area contributed by atoms with Gasteiger partial charge in [0.05, 0.1) is 0 Å². The van der Waals surface area contributed by atoms with Gasteiger partial charge in [0.1, 0.15) is 0 Å². The molecule has 3 aliphatic carbocycles. The van der Waals surface area contributed by atoms with E-state index in [1.807, 2.05) is 42.5 Å².